The molecular weight excluding hydrogens is 108 g/mol. The summed E-state index contributed by atoms with van der Waals surface area (Å²) < 4.78 is 0. The molecule has 0 nitrogen and oxygen atoms in total. The maximum absolute atomic E-state index is 3.85. The summed E-state index contributed by atoms with van der Waals surface area (Å²) in [6.07, 6.45) is 5.54. The van der Waals surface area contributed by atoms with Crippen LogP contribution in [0.5, 0.6) is 0 Å². The van der Waals surface area contributed by atoms with E-state index < -0.39 is 0 Å². The maximum atomic E-state index is 3.85. The Morgan fingerprint density at radius 1 is 1.33 bits per heavy atom. The Labute approximate surface area is 59.0 Å². The molecule has 9 heavy (non-hydrogen) atoms. The highest BCUT2D eigenvalue weighted by Crippen LogP contribution is 2.02. The van der Waals surface area contributed by atoms with E-state index in [-0.39, 0.29) is 0 Å². The summed E-state index contributed by atoms with van der Waals surface area (Å²) in [6, 6.07) is 0. The van der Waals surface area contributed by atoms with Gasteiger partial charge in [0.2, 0.25) is 0 Å². The quantitative estimate of drug-likeness (QED) is 0.508. The third-order valence-electron chi connectivity index (χ3n) is 1.07. The topological polar surface area (TPSA) is 0 Å². The molecule has 53 valence electrons. The van der Waals surface area contributed by atoms with Gasteiger partial charge in [-0.25, -0.2) is 0 Å². The van der Waals surface area contributed by atoms with Gasteiger partial charge in [0.25, 0.3) is 0 Å². The lowest BCUT2D eigenvalue weighted by Gasteiger charge is -1.97. The Kier molecular flexibility index (Phi) is 4.47. The van der Waals surface area contributed by atoms with Crippen molar-refractivity contribution in [3.05, 3.63) is 19.1 Å². The smallest absolute Gasteiger partial charge is 0.0262 e. The lowest BCUT2D eigenvalue weighted by molar-refractivity contribution is 0.660. The number of allylic oxidation sites excluding steroid dienone is 2. The minimum Gasteiger partial charge on any atom is -0.0880 e. The van der Waals surface area contributed by atoms with Crippen LogP contribution in [0.25, 0.3) is 0 Å². The molecule has 0 rings (SSSR count). The Morgan fingerprint density at radius 2 is 1.89 bits per heavy atom. The van der Waals surface area contributed by atoms with Gasteiger partial charge < -0.3 is 0 Å². The van der Waals surface area contributed by atoms with Crippen LogP contribution in [-0.2, 0) is 0 Å². The van der Waals surface area contributed by atoms with Crippen molar-refractivity contribution in [1.29, 1.82) is 0 Å². The maximum Gasteiger partial charge on any atom is -0.0262 e. The second-order valence-corrected chi connectivity index (χ2v) is 3.03. The number of hydrogen-bond donors (Lipinski definition) is 0. The van der Waals surface area contributed by atoms with Crippen molar-refractivity contribution in [3.63, 3.8) is 0 Å². The Morgan fingerprint density at radius 3 is 2.22 bits per heavy atom. The molecule has 0 amide bonds. The summed E-state index contributed by atoms with van der Waals surface area (Å²) in [4.78, 5) is 0. The third kappa shape index (κ3) is 7.74. The van der Waals surface area contributed by atoms with Crippen LogP contribution in [0.2, 0.25) is 0 Å². The zero-order valence-electron chi connectivity index (χ0n) is 6.72. The predicted octanol–water partition coefficient (Wildman–Crippen LogP) is 3.06. The summed E-state index contributed by atoms with van der Waals surface area (Å²) in [5.41, 5.74) is 0. The minimum absolute atomic E-state index is 0.462. The normalized spacial score (nSPS) is 12.2. The molecule has 0 aromatic rings. The van der Waals surface area contributed by atoms with E-state index >= 15 is 0 Å². The highest BCUT2D eigenvalue weighted by Gasteiger charge is 1.87. The second kappa shape index (κ2) is 4.60. The molecule has 1 radical (unpaired) electrons. The molecule has 0 aromatic carbocycles. The molecule has 0 saturated heterocycles. The molecule has 0 N–H and O–H groups in total. The molecule has 0 spiro atoms. The average molecular weight is 125 g/mol. The van der Waals surface area contributed by atoms with Crippen molar-refractivity contribution in [2.45, 2.75) is 27.2 Å². The zero-order chi connectivity index (χ0) is 7.28. The Hall–Kier alpha value is -0.260. The van der Waals surface area contributed by atoms with E-state index in [0.29, 0.717) is 5.92 Å². The SMILES string of the molecule is [CH2]C(C)/C=C/CC(C)C. The predicted molar refractivity (Wildman–Crippen MR) is 43.1 cm³/mol. The summed E-state index contributed by atoms with van der Waals surface area (Å²) in [6.45, 7) is 10.4. The van der Waals surface area contributed by atoms with Crippen molar-refractivity contribution in [2.24, 2.45) is 11.8 Å². The lowest BCUT2D eigenvalue weighted by atomic mass is 10.1. The molecule has 0 saturated carbocycles. The van der Waals surface area contributed by atoms with E-state index in [1.54, 1.807) is 0 Å². The van der Waals surface area contributed by atoms with Gasteiger partial charge in [0, 0.05) is 0 Å². The van der Waals surface area contributed by atoms with Crippen LogP contribution in [-0.4, -0.2) is 0 Å². The number of hydrogen-bond acceptors (Lipinski definition) is 0. The molecular formula is C9H17. The highest BCUT2D eigenvalue weighted by atomic mass is 13.9. The lowest BCUT2D eigenvalue weighted by Crippen LogP contribution is -1.83. The van der Waals surface area contributed by atoms with E-state index in [0.717, 1.165) is 5.92 Å². The van der Waals surface area contributed by atoms with Gasteiger partial charge in [0.05, 0.1) is 0 Å². The van der Waals surface area contributed by atoms with Crippen LogP contribution in [0.4, 0.5) is 0 Å². The van der Waals surface area contributed by atoms with Crippen molar-refractivity contribution in [3.8, 4) is 0 Å². The summed E-state index contributed by atoms with van der Waals surface area (Å²) in [5, 5.41) is 0. The third-order valence-corrected chi connectivity index (χ3v) is 1.07. The van der Waals surface area contributed by atoms with Crippen molar-refractivity contribution >= 4 is 0 Å². The van der Waals surface area contributed by atoms with Gasteiger partial charge in [-0.3, -0.25) is 0 Å². The van der Waals surface area contributed by atoms with E-state index in [1.807, 2.05) is 0 Å². The Balaban J connectivity index is 3.25. The first-order valence-electron chi connectivity index (χ1n) is 3.62. The van der Waals surface area contributed by atoms with Gasteiger partial charge in [-0.15, -0.1) is 0 Å². The fraction of sp³-hybridized carbons (Fsp3) is 0.667. The van der Waals surface area contributed by atoms with Gasteiger partial charge >= 0.3 is 0 Å². The molecule has 0 aliphatic rings. The molecule has 0 heterocycles. The van der Waals surface area contributed by atoms with Gasteiger partial charge in [-0.05, 0) is 25.2 Å². The van der Waals surface area contributed by atoms with Crippen LogP contribution in [0.15, 0.2) is 12.2 Å². The van der Waals surface area contributed by atoms with Crippen LogP contribution in [0, 0.1) is 18.8 Å². The fourth-order valence-corrected chi connectivity index (χ4v) is 0.583. The van der Waals surface area contributed by atoms with Gasteiger partial charge in [-0.2, -0.15) is 0 Å². The molecule has 0 fully saturated rings. The molecule has 0 aliphatic carbocycles. The fourth-order valence-electron chi connectivity index (χ4n) is 0.583. The van der Waals surface area contributed by atoms with E-state index in [1.165, 1.54) is 6.42 Å². The zero-order valence-corrected chi connectivity index (χ0v) is 6.72. The monoisotopic (exact) mass is 125 g/mol. The van der Waals surface area contributed by atoms with Crippen molar-refractivity contribution < 1.29 is 0 Å². The molecule has 0 aromatic heterocycles. The van der Waals surface area contributed by atoms with Crippen LogP contribution in [0.1, 0.15) is 27.2 Å². The van der Waals surface area contributed by atoms with Gasteiger partial charge in [0.15, 0.2) is 0 Å². The second-order valence-electron chi connectivity index (χ2n) is 3.03. The van der Waals surface area contributed by atoms with Crippen LogP contribution >= 0.6 is 0 Å². The number of rotatable bonds is 3. The van der Waals surface area contributed by atoms with E-state index in [4.69, 9.17) is 0 Å². The molecule has 0 heteroatoms. The highest BCUT2D eigenvalue weighted by molar-refractivity contribution is 4.87. The first kappa shape index (κ1) is 8.74. The molecule has 0 aliphatic heterocycles. The molecule has 1 unspecified atom stereocenters. The first-order valence-corrected chi connectivity index (χ1v) is 3.62. The minimum atomic E-state index is 0.462. The average Bonchev–Trinajstić information content (AvgIpc) is 1.63. The van der Waals surface area contributed by atoms with Crippen molar-refractivity contribution in [1.82, 2.24) is 0 Å². The Bertz CT molecular complexity index is 78.0. The summed E-state index contributed by atoms with van der Waals surface area (Å²) >= 11 is 0. The summed E-state index contributed by atoms with van der Waals surface area (Å²) in [5.74, 6) is 1.24. The molecule has 1 atom stereocenters. The van der Waals surface area contributed by atoms with Crippen LogP contribution < -0.4 is 0 Å². The van der Waals surface area contributed by atoms with E-state index in [9.17, 15) is 0 Å². The van der Waals surface area contributed by atoms with Gasteiger partial charge in [0.1, 0.15) is 0 Å². The summed E-state index contributed by atoms with van der Waals surface area (Å²) in [7, 11) is 0. The van der Waals surface area contributed by atoms with Gasteiger partial charge in [-0.1, -0.05) is 32.9 Å². The van der Waals surface area contributed by atoms with Crippen LogP contribution in [0.3, 0.4) is 0 Å². The largest absolute Gasteiger partial charge is 0.0880 e. The van der Waals surface area contributed by atoms with E-state index in [2.05, 4.69) is 39.8 Å². The molecule has 0 bridgehead atoms. The standard InChI is InChI=1S/C9H17/c1-8(2)6-5-7-9(3)4/h5-6,8-9H,1,7H2,2-4H3/b6-5+. The van der Waals surface area contributed by atoms with Crippen molar-refractivity contribution in [2.75, 3.05) is 0 Å². The first-order chi connectivity index (χ1) is 4.13.